The number of nitrogens with two attached hydrogens (primary N) is 1. The molecule has 0 bridgehead atoms. The molecule has 0 aliphatic rings. The minimum Gasteiger partial charge on any atom is -0.496 e. The van der Waals surface area contributed by atoms with Gasteiger partial charge in [-0.15, -0.1) is 11.3 Å². The van der Waals surface area contributed by atoms with Crippen LogP contribution in [0.4, 0.5) is 0 Å². The molecule has 0 saturated carbocycles. The van der Waals surface area contributed by atoms with Crippen LogP contribution in [0.15, 0.2) is 29.8 Å². The maximum atomic E-state index is 5.65. The quantitative estimate of drug-likeness (QED) is 0.629. The van der Waals surface area contributed by atoms with Crippen LogP contribution in [0.25, 0.3) is 0 Å². The third-order valence-electron chi connectivity index (χ3n) is 3.08. The Morgan fingerprint density at radius 3 is 2.84 bits per heavy atom. The molecule has 3 N–H and O–H groups in total. The molecule has 0 fully saturated rings. The molecule has 0 radical (unpaired) electrons. The maximum absolute atomic E-state index is 5.65. The van der Waals surface area contributed by atoms with E-state index in [0.29, 0.717) is 0 Å². The van der Waals surface area contributed by atoms with Gasteiger partial charge in [-0.2, -0.15) is 0 Å². The van der Waals surface area contributed by atoms with Crippen molar-refractivity contribution in [1.29, 1.82) is 0 Å². The molecule has 0 amide bonds. The number of nitrogens with zero attached hydrogens (tertiary/aromatic N) is 1. The predicted molar refractivity (Wildman–Crippen MR) is 78.3 cm³/mol. The van der Waals surface area contributed by atoms with Crippen molar-refractivity contribution in [3.05, 3.63) is 45.9 Å². The lowest BCUT2D eigenvalue weighted by molar-refractivity contribution is 0.415. The van der Waals surface area contributed by atoms with Gasteiger partial charge in [-0.25, -0.2) is 0 Å². The monoisotopic (exact) mass is 277 g/mol. The topological polar surface area (TPSA) is 60.2 Å². The normalized spacial score (nSPS) is 12.4. The second kappa shape index (κ2) is 6.65. The third-order valence-corrected chi connectivity index (χ3v) is 4.11. The van der Waals surface area contributed by atoms with Crippen LogP contribution in [0.5, 0.6) is 5.75 Å². The van der Waals surface area contributed by atoms with Crippen LogP contribution in [0.3, 0.4) is 0 Å². The van der Waals surface area contributed by atoms with Gasteiger partial charge in [0.05, 0.1) is 13.2 Å². The van der Waals surface area contributed by atoms with Gasteiger partial charge in [-0.1, -0.05) is 13.0 Å². The number of hydrogen-bond donors (Lipinski definition) is 2. The molecule has 2 aromatic rings. The number of nitrogens with one attached hydrogen (secondary N) is 1. The van der Waals surface area contributed by atoms with E-state index >= 15 is 0 Å². The van der Waals surface area contributed by atoms with Gasteiger partial charge in [0, 0.05) is 28.6 Å². The number of ether oxygens (including phenoxy) is 1. The largest absolute Gasteiger partial charge is 0.496 e. The Labute approximate surface area is 117 Å². The van der Waals surface area contributed by atoms with E-state index in [9.17, 15) is 0 Å². The first-order valence-electron chi connectivity index (χ1n) is 6.29. The smallest absolute Gasteiger partial charge is 0.129 e. The molecule has 4 nitrogen and oxygen atoms in total. The molecule has 0 spiro atoms. The minimum absolute atomic E-state index is 0.0638. The number of pyridine rings is 1. The fourth-order valence-electron chi connectivity index (χ4n) is 1.86. The van der Waals surface area contributed by atoms with Crippen molar-refractivity contribution in [1.82, 2.24) is 10.4 Å². The Morgan fingerprint density at radius 2 is 2.32 bits per heavy atom. The summed E-state index contributed by atoms with van der Waals surface area (Å²) in [6, 6.07) is 6.25. The number of thiophene rings is 1. The first kappa shape index (κ1) is 14.0. The van der Waals surface area contributed by atoms with Gasteiger partial charge >= 0.3 is 0 Å². The average molecular weight is 277 g/mol. The van der Waals surface area contributed by atoms with Gasteiger partial charge in [0.2, 0.25) is 0 Å². The van der Waals surface area contributed by atoms with Crippen LogP contribution in [0.1, 0.15) is 29.1 Å². The van der Waals surface area contributed by atoms with Gasteiger partial charge in [-0.05, 0) is 24.1 Å². The number of aryl methyl sites for hydroxylation is 1. The Kier molecular flexibility index (Phi) is 4.90. The molecule has 19 heavy (non-hydrogen) atoms. The number of hydrogen-bond acceptors (Lipinski definition) is 5. The van der Waals surface area contributed by atoms with Crippen LogP contribution in [-0.2, 0) is 12.8 Å². The summed E-state index contributed by atoms with van der Waals surface area (Å²) in [7, 11) is 1.67. The van der Waals surface area contributed by atoms with Crippen molar-refractivity contribution in [3.63, 3.8) is 0 Å². The Bertz CT molecular complexity index is 510. The van der Waals surface area contributed by atoms with E-state index in [1.165, 1.54) is 5.56 Å². The molecule has 2 aromatic heterocycles. The molecule has 5 heteroatoms. The van der Waals surface area contributed by atoms with Gasteiger partial charge in [0.25, 0.3) is 0 Å². The second-order valence-electron chi connectivity index (χ2n) is 4.32. The Balaban J connectivity index is 2.09. The Morgan fingerprint density at radius 1 is 1.47 bits per heavy atom. The highest BCUT2D eigenvalue weighted by Crippen LogP contribution is 2.28. The van der Waals surface area contributed by atoms with Gasteiger partial charge < -0.3 is 4.74 Å². The third kappa shape index (κ3) is 3.53. The van der Waals surface area contributed by atoms with Crippen molar-refractivity contribution in [2.45, 2.75) is 25.8 Å². The average Bonchev–Trinajstić information content (AvgIpc) is 2.94. The highest BCUT2D eigenvalue weighted by molar-refractivity contribution is 7.10. The zero-order chi connectivity index (χ0) is 13.7. The number of aromatic nitrogens is 1. The van der Waals surface area contributed by atoms with Crippen molar-refractivity contribution in [2.24, 2.45) is 5.84 Å². The van der Waals surface area contributed by atoms with Crippen molar-refractivity contribution < 1.29 is 4.74 Å². The zero-order valence-electron chi connectivity index (χ0n) is 11.2. The predicted octanol–water partition coefficient (Wildman–Crippen LogP) is 2.46. The highest BCUT2D eigenvalue weighted by Gasteiger charge is 2.14. The molecule has 1 atom stereocenters. The molecule has 0 aromatic carbocycles. The molecule has 0 aliphatic heterocycles. The van der Waals surface area contributed by atoms with Crippen molar-refractivity contribution in [2.75, 3.05) is 7.11 Å². The number of methoxy groups -OCH3 is 1. The summed E-state index contributed by atoms with van der Waals surface area (Å²) in [4.78, 5) is 5.62. The molecule has 0 aliphatic carbocycles. The summed E-state index contributed by atoms with van der Waals surface area (Å²) in [6.45, 7) is 2.12. The fourth-order valence-corrected chi connectivity index (χ4v) is 2.78. The zero-order valence-corrected chi connectivity index (χ0v) is 12.0. The Hall–Kier alpha value is -1.43. The van der Waals surface area contributed by atoms with Crippen LogP contribution >= 0.6 is 11.3 Å². The van der Waals surface area contributed by atoms with E-state index in [1.807, 2.05) is 17.6 Å². The van der Waals surface area contributed by atoms with E-state index in [4.69, 9.17) is 10.6 Å². The van der Waals surface area contributed by atoms with Crippen LogP contribution < -0.4 is 16.0 Å². The van der Waals surface area contributed by atoms with Crippen LogP contribution in [-0.4, -0.2) is 12.1 Å². The SMILES string of the molecule is CCc1ccc(CC(NN)c2cc(OC)cs2)nc1. The molecule has 2 rings (SSSR count). The summed E-state index contributed by atoms with van der Waals surface area (Å²) in [5, 5.41) is 1.98. The second-order valence-corrected chi connectivity index (χ2v) is 5.27. The van der Waals surface area contributed by atoms with Crippen LogP contribution in [0.2, 0.25) is 0 Å². The standard InChI is InChI=1S/C14H19N3OS/c1-3-10-4-5-11(16-8-10)6-13(17-15)14-7-12(18-2)9-19-14/h4-5,7-9,13,17H,3,6,15H2,1-2H3. The minimum atomic E-state index is 0.0638. The molecule has 1 unspecified atom stereocenters. The summed E-state index contributed by atoms with van der Waals surface area (Å²) < 4.78 is 5.20. The number of rotatable bonds is 6. The van der Waals surface area contributed by atoms with E-state index < -0.39 is 0 Å². The molecule has 2 heterocycles. The molecule has 102 valence electrons. The van der Waals surface area contributed by atoms with E-state index in [2.05, 4.69) is 29.5 Å². The van der Waals surface area contributed by atoms with Gasteiger partial charge in [0.1, 0.15) is 5.75 Å². The molecular formula is C14H19N3OS. The van der Waals surface area contributed by atoms with Gasteiger partial charge in [0.15, 0.2) is 0 Å². The lowest BCUT2D eigenvalue weighted by Crippen LogP contribution is -2.29. The lowest BCUT2D eigenvalue weighted by atomic mass is 10.1. The van der Waals surface area contributed by atoms with E-state index in [1.54, 1.807) is 18.4 Å². The lowest BCUT2D eigenvalue weighted by Gasteiger charge is -2.13. The first-order chi connectivity index (χ1) is 9.26. The maximum Gasteiger partial charge on any atom is 0.129 e. The summed E-state index contributed by atoms with van der Waals surface area (Å²) in [5.41, 5.74) is 5.13. The van der Waals surface area contributed by atoms with Crippen molar-refractivity contribution >= 4 is 11.3 Å². The fraction of sp³-hybridized carbons (Fsp3) is 0.357. The van der Waals surface area contributed by atoms with Gasteiger partial charge in [-0.3, -0.25) is 16.3 Å². The van der Waals surface area contributed by atoms with E-state index in [0.717, 1.165) is 29.2 Å². The number of hydrazine groups is 1. The molecule has 0 saturated heterocycles. The summed E-state index contributed by atoms with van der Waals surface area (Å²) in [5.74, 6) is 6.52. The molecular weight excluding hydrogens is 258 g/mol. The van der Waals surface area contributed by atoms with E-state index in [-0.39, 0.29) is 6.04 Å². The summed E-state index contributed by atoms with van der Waals surface area (Å²) >= 11 is 1.64. The van der Waals surface area contributed by atoms with Crippen molar-refractivity contribution in [3.8, 4) is 5.75 Å². The van der Waals surface area contributed by atoms with Crippen LogP contribution in [0, 0.1) is 0 Å². The summed E-state index contributed by atoms with van der Waals surface area (Å²) in [6.07, 6.45) is 3.70. The first-order valence-corrected chi connectivity index (χ1v) is 7.17. The highest BCUT2D eigenvalue weighted by atomic mass is 32.1.